The molecular formula is C22H28N8. The van der Waals surface area contributed by atoms with Crippen LogP contribution in [-0.4, -0.2) is 48.3 Å². The number of nitrogens with one attached hydrogen (secondary N) is 2. The van der Waals surface area contributed by atoms with E-state index in [1.54, 1.807) is 0 Å². The number of aryl methyl sites for hydroxylation is 2. The van der Waals surface area contributed by atoms with Crippen molar-refractivity contribution in [3.8, 4) is 11.3 Å². The van der Waals surface area contributed by atoms with Crippen LogP contribution in [0.4, 0.5) is 5.95 Å². The van der Waals surface area contributed by atoms with Crippen LogP contribution in [0.1, 0.15) is 38.4 Å². The summed E-state index contributed by atoms with van der Waals surface area (Å²) in [6, 6.07) is 7.19. The molecule has 1 aliphatic carbocycles. The summed E-state index contributed by atoms with van der Waals surface area (Å²) in [7, 11) is 2.04. The Morgan fingerprint density at radius 3 is 2.63 bits per heavy atom. The first kappa shape index (κ1) is 19.0. The van der Waals surface area contributed by atoms with Crippen molar-refractivity contribution in [2.24, 2.45) is 0 Å². The number of nitrogens with zero attached hydrogens (tertiary/aromatic N) is 6. The highest BCUT2D eigenvalue weighted by Gasteiger charge is 2.21. The molecule has 1 saturated carbocycles. The van der Waals surface area contributed by atoms with Gasteiger partial charge in [-0.25, -0.2) is 19.5 Å². The molecule has 0 aliphatic heterocycles. The highest BCUT2D eigenvalue weighted by molar-refractivity contribution is 5.82. The lowest BCUT2D eigenvalue weighted by Crippen LogP contribution is -2.35. The van der Waals surface area contributed by atoms with Crippen molar-refractivity contribution in [1.82, 2.24) is 34.4 Å². The average molecular weight is 405 g/mol. The topological polar surface area (TPSA) is 85.0 Å². The van der Waals surface area contributed by atoms with Crippen molar-refractivity contribution in [3.05, 3.63) is 36.4 Å². The largest absolute Gasteiger partial charge is 0.350 e. The number of aromatic nitrogens is 6. The molecule has 4 aromatic rings. The van der Waals surface area contributed by atoms with Gasteiger partial charge in [0.1, 0.15) is 11.3 Å². The van der Waals surface area contributed by atoms with Crippen LogP contribution < -0.4 is 10.6 Å². The molecule has 0 radical (unpaired) electrons. The zero-order valence-corrected chi connectivity index (χ0v) is 17.8. The van der Waals surface area contributed by atoms with E-state index >= 15 is 0 Å². The normalized spacial score (nSPS) is 19.6. The number of imidazole rings is 1. The molecule has 0 saturated heterocycles. The average Bonchev–Trinajstić information content (AvgIpc) is 3.33. The fourth-order valence-electron chi connectivity index (χ4n) is 4.54. The molecular weight excluding hydrogens is 376 g/mol. The lowest BCUT2D eigenvalue weighted by atomic mass is 9.91. The first-order valence-electron chi connectivity index (χ1n) is 10.8. The second kappa shape index (κ2) is 7.68. The van der Waals surface area contributed by atoms with Crippen LogP contribution >= 0.6 is 0 Å². The highest BCUT2D eigenvalue weighted by Crippen LogP contribution is 2.27. The third-order valence-electron chi connectivity index (χ3n) is 6.26. The summed E-state index contributed by atoms with van der Waals surface area (Å²) in [4.78, 5) is 14.1. The highest BCUT2D eigenvalue weighted by atomic mass is 15.3. The Bertz CT molecular complexity index is 1180. The summed E-state index contributed by atoms with van der Waals surface area (Å²) in [6.45, 7) is 4.99. The van der Waals surface area contributed by atoms with Crippen LogP contribution in [0.15, 0.2) is 30.6 Å². The van der Waals surface area contributed by atoms with Gasteiger partial charge in [0.15, 0.2) is 5.65 Å². The molecule has 8 nitrogen and oxygen atoms in total. The van der Waals surface area contributed by atoms with Crippen LogP contribution in [0, 0.1) is 6.92 Å². The molecule has 4 aromatic heterocycles. The SMILES string of the molecule is CCn1c(C)nc2ccc(-c3ccn4nc(N[C@H]5CC[C@H](NC)CC5)ncc34)nc21. The van der Waals surface area contributed by atoms with E-state index in [4.69, 9.17) is 4.98 Å². The van der Waals surface area contributed by atoms with Gasteiger partial charge in [0.05, 0.1) is 17.4 Å². The maximum Gasteiger partial charge on any atom is 0.241 e. The smallest absolute Gasteiger partial charge is 0.241 e. The van der Waals surface area contributed by atoms with Crippen LogP contribution in [0.5, 0.6) is 0 Å². The van der Waals surface area contributed by atoms with Gasteiger partial charge in [-0.15, -0.1) is 5.10 Å². The number of fused-ring (bicyclic) bond motifs is 2. The second-order valence-corrected chi connectivity index (χ2v) is 8.07. The Kier molecular flexibility index (Phi) is 4.86. The molecule has 156 valence electrons. The van der Waals surface area contributed by atoms with Gasteiger partial charge in [-0.1, -0.05) is 0 Å². The van der Waals surface area contributed by atoms with E-state index in [1.807, 2.05) is 43.0 Å². The zero-order chi connectivity index (χ0) is 20.7. The number of hydrogen-bond donors (Lipinski definition) is 2. The van der Waals surface area contributed by atoms with Crippen LogP contribution in [0.25, 0.3) is 27.9 Å². The summed E-state index contributed by atoms with van der Waals surface area (Å²) < 4.78 is 4.02. The van der Waals surface area contributed by atoms with Gasteiger partial charge in [0, 0.05) is 30.4 Å². The molecule has 0 amide bonds. The molecule has 1 aliphatic rings. The number of hydrogen-bond acceptors (Lipinski definition) is 6. The van der Waals surface area contributed by atoms with Gasteiger partial charge in [0.2, 0.25) is 5.95 Å². The van der Waals surface area contributed by atoms with E-state index in [9.17, 15) is 0 Å². The Morgan fingerprint density at radius 2 is 1.87 bits per heavy atom. The Labute approximate surface area is 175 Å². The van der Waals surface area contributed by atoms with Crippen molar-refractivity contribution in [1.29, 1.82) is 0 Å². The van der Waals surface area contributed by atoms with Crippen molar-refractivity contribution < 1.29 is 0 Å². The fourth-order valence-corrected chi connectivity index (χ4v) is 4.54. The zero-order valence-electron chi connectivity index (χ0n) is 17.8. The second-order valence-electron chi connectivity index (χ2n) is 8.07. The minimum atomic E-state index is 0.434. The van der Waals surface area contributed by atoms with E-state index in [2.05, 4.69) is 43.3 Å². The molecule has 0 spiro atoms. The summed E-state index contributed by atoms with van der Waals surface area (Å²) in [5.74, 6) is 1.67. The maximum atomic E-state index is 4.90. The minimum Gasteiger partial charge on any atom is -0.350 e. The molecule has 0 unspecified atom stereocenters. The molecule has 30 heavy (non-hydrogen) atoms. The van der Waals surface area contributed by atoms with Crippen molar-refractivity contribution in [3.63, 3.8) is 0 Å². The predicted molar refractivity (Wildman–Crippen MR) is 119 cm³/mol. The number of anilines is 1. The summed E-state index contributed by atoms with van der Waals surface area (Å²) in [5, 5.41) is 11.6. The van der Waals surface area contributed by atoms with E-state index in [0.717, 1.165) is 53.1 Å². The van der Waals surface area contributed by atoms with E-state index < -0.39 is 0 Å². The van der Waals surface area contributed by atoms with Crippen LogP contribution in [-0.2, 0) is 6.54 Å². The van der Waals surface area contributed by atoms with Gasteiger partial charge < -0.3 is 15.2 Å². The van der Waals surface area contributed by atoms with Crippen molar-refractivity contribution in [2.45, 2.75) is 58.2 Å². The summed E-state index contributed by atoms with van der Waals surface area (Å²) in [5.41, 5.74) is 4.74. The number of pyridine rings is 1. The van der Waals surface area contributed by atoms with E-state index in [1.165, 1.54) is 12.8 Å². The van der Waals surface area contributed by atoms with Gasteiger partial charge in [0.25, 0.3) is 0 Å². The lowest BCUT2D eigenvalue weighted by Gasteiger charge is -2.28. The van der Waals surface area contributed by atoms with E-state index in [0.29, 0.717) is 18.0 Å². The Hall–Kier alpha value is -3.00. The maximum absolute atomic E-state index is 4.90. The fraction of sp³-hybridized carbons (Fsp3) is 0.455. The van der Waals surface area contributed by atoms with Gasteiger partial charge in [-0.05, 0) is 64.8 Å². The molecule has 8 heteroatoms. The molecule has 0 aromatic carbocycles. The molecule has 1 fully saturated rings. The van der Waals surface area contributed by atoms with Crippen molar-refractivity contribution in [2.75, 3.05) is 12.4 Å². The van der Waals surface area contributed by atoms with E-state index in [-0.39, 0.29) is 0 Å². The predicted octanol–water partition coefficient (Wildman–Crippen LogP) is 3.41. The minimum absolute atomic E-state index is 0.434. The third kappa shape index (κ3) is 3.31. The monoisotopic (exact) mass is 404 g/mol. The summed E-state index contributed by atoms with van der Waals surface area (Å²) in [6.07, 6.45) is 8.51. The molecule has 4 heterocycles. The summed E-state index contributed by atoms with van der Waals surface area (Å²) >= 11 is 0. The quantitative estimate of drug-likeness (QED) is 0.530. The van der Waals surface area contributed by atoms with Crippen molar-refractivity contribution >= 4 is 22.6 Å². The molecule has 5 rings (SSSR count). The Morgan fingerprint density at radius 1 is 1.07 bits per heavy atom. The van der Waals surface area contributed by atoms with Gasteiger partial charge in [-0.3, -0.25) is 0 Å². The lowest BCUT2D eigenvalue weighted by molar-refractivity contribution is 0.370. The van der Waals surface area contributed by atoms with Gasteiger partial charge >= 0.3 is 0 Å². The van der Waals surface area contributed by atoms with Crippen LogP contribution in [0.2, 0.25) is 0 Å². The Balaban J connectivity index is 1.42. The third-order valence-corrected chi connectivity index (χ3v) is 6.26. The first-order chi connectivity index (χ1) is 14.7. The first-order valence-corrected chi connectivity index (χ1v) is 10.8. The number of rotatable bonds is 5. The van der Waals surface area contributed by atoms with Crippen LogP contribution in [0.3, 0.4) is 0 Å². The molecule has 0 atom stereocenters. The molecule has 2 N–H and O–H groups in total. The molecule has 0 bridgehead atoms. The standard InChI is InChI=1S/C22H28N8/c1-4-29-14(2)25-19-10-9-18(27-21(19)29)17-11-12-30-20(17)13-24-22(28-30)26-16-7-5-15(23-3)6-8-16/h9-13,15-16,23H,4-8H2,1-3H3,(H,26,28)/t15-,16-. The van der Waals surface area contributed by atoms with Gasteiger partial charge in [-0.2, -0.15) is 0 Å².